The minimum absolute atomic E-state index is 0.0309. The third kappa shape index (κ3) is 5.58. The molecule has 0 aromatic heterocycles. The summed E-state index contributed by atoms with van der Waals surface area (Å²) in [6.45, 7) is 9.48. The molecule has 3 atom stereocenters. The monoisotopic (exact) mass is 616 g/mol. The van der Waals surface area contributed by atoms with Crippen molar-refractivity contribution in [2.24, 2.45) is 17.3 Å². The van der Waals surface area contributed by atoms with E-state index in [9.17, 15) is 39.6 Å². The average molecular weight is 617 g/mol. The summed E-state index contributed by atoms with van der Waals surface area (Å²) in [6, 6.07) is 8.74. The van der Waals surface area contributed by atoms with Crippen molar-refractivity contribution in [2.75, 3.05) is 6.61 Å². The highest BCUT2D eigenvalue weighted by atomic mass is 16.5. The van der Waals surface area contributed by atoms with E-state index < -0.39 is 51.9 Å². The Kier molecular flexibility index (Phi) is 8.29. The third-order valence-corrected chi connectivity index (χ3v) is 9.12. The van der Waals surface area contributed by atoms with E-state index in [1.165, 1.54) is 6.07 Å². The van der Waals surface area contributed by atoms with Crippen LogP contribution in [0.5, 0.6) is 11.5 Å². The van der Waals surface area contributed by atoms with E-state index in [-0.39, 0.29) is 47.3 Å². The molecule has 238 valence electrons. The Morgan fingerprint density at radius 2 is 1.76 bits per heavy atom. The number of aromatic hydroxyl groups is 1. The van der Waals surface area contributed by atoms with E-state index in [1.54, 1.807) is 6.07 Å². The molecule has 0 radical (unpaired) electrons. The summed E-state index contributed by atoms with van der Waals surface area (Å²) in [7, 11) is 0. The molecule has 2 aromatic rings. The SMILES string of the molecule is CCOc1ccc(-c2ccc(O)c3c2C[C@H]2C[C@H]4CC(O)=C(C(C)=O)C(=O)[C@@]4(O)C(O)=C2C3=O)cc1CCC(=O)CC(C)(C)C. The predicted molar refractivity (Wildman–Crippen MR) is 166 cm³/mol. The maximum atomic E-state index is 14.0. The molecule has 0 bridgehead atoms. The number of benzene rings is 2. The lowest BCUT2D eigenvalue weighted by Crippen LogP contribution is -2.56. The Labute approximate surface area is 262 Å². The maximum absolute atomic E-state index is 14.0. The molecule has 9 heteroatoms. The zero-order valence-electron chi connectivity index (χ0n) is 26.3. The number of ether oxygens (including phenoxy) is 1. The number of Topliss-reactive ketones (excluding diaryl/α,β-unsaturated/α-hetero) is 4. The second-order valence-corrected chi connectivity index (χ2v) is 13.6. The summed E-state index contributed by atoms with van der Waals surface area (Å²) >= 11 is 0. The molecule has 3 aliphatic carbocycles. The zero-order valence-corrected chi connectivity index (χ0v) is 26.3. The number of rotatable bonds is 8. The van der Waals surface area contributed by atoms with Gasteiger partial charge >= 0.3 is 0 Å². The topological polar surface area (TPSA) is 158 Å². The number of hydrogen-bond donors (Lipinski definition) is 4. The molecule has 4 N–H and O–H groups in total. The number of allylic oxidation sites excluding steroid dienone is 2. The van der Waals surface area contributed by atoms with Crippen molar-refractivity contribution in [1.82, 2.24) is 0 Å². The van der Waals surface area contributed by atoms with Crippen LogP contribution in [0.15, 0.2) is 53.0 Å². The van der Waals surface area contributed by atoms with Crippen molar-refractivity contribution >= 4 is 23.1 Å². The fourth-order valence-corrected chi connectivity index (χ4v) is 7.19. The molecule has 45 heavy (non-hydrogen) atoms. The van der Waals surface area contributed by atoms with Crippen molar-refractivity contribution in [3.05, 3.63) is 69.7 Å². The van der Waals surface area contributed by atoms with Crippen molar-refractivity contribution in [3.63, 3.8) is 0 Å². The minimum Gasteiger partial charge on any atom is -0.511 e. The number of phenols is 1. The lowest BCUT2D eigenvalue weighted by Gasteiger charge is -2.45. The molecule has 0 aliphatic heterocycles. The van der Waals surface area contributed by atoms with Gasteiger partial charge in [0.15, 0.2) is 17.2 Å². The van der Waals surface area contributed by atoms with Crippen LogP contribution in [0.4, 0.5) is 0 Å². The van der Waals surface area contributed by atoms with Gasteiger partial charge in [0.25, 0.3) is 0 Å². The minimum atomic E-state index is -2.53. The quantitative estimate of drug-likeness (QED) is 0.274. The first-order valence-electron chi connectivity index (χ1n) is 15.4. The van der Waals surface area contributed by atoms with Crippen LogP contribution in [-0.4, -0.2) is 55.8 Å². The first-order valence-corrected chi connectivity index (χ1v) is 15.4. The van der Waals surface area contributed by atoms with Gasteiger partial charge in [0.2, 0.25) is 5.78 Å². The highest BCUT2D eigenvalue weighted by molar-refractivity contribution is 6.25. The number of carbonyl (C=O) groups is 4. The van der Waals surface area contributed by atoms with Crippen LogP contribution >= 0.6 is 0 Å². The average Bonchev–Trinajstić information content (AvgIpc) is 2.93. The summed E-state index contributed by atoms with van der Waals surface area (Å²) in [6.07, 6.45) is 1.35. The first-order chi connectivity index (χ1) is 21.1. The van der Waals surface area contributed by atoms with E-state index in [0.29, 0.717) is 42.7 Å². The van der Waals surface area contributed by atoms with Gasteiger partial charge in [-0.2, -0.15) is 0 Å². The number of carbonyl (C=O) groups excluding carboxylic acids is 4. The standard InChI is InChI=1S/C36H40O9/c1-6-45-28-12-8-19(13-20(28)7-9-23(38)17-35(3,4)5)24-10-11-26(39)31-25(24)15-21-14-22-16-27(40)29(18(2)37)33(42)36(22,44)34(43)30(21)32(31)41/h8,10-13,21-22,39-40,43-44H,6-7,9,14-17H2,1-5H3/t21-,22+,36-/m1/s1. The van der Waals surface area contributed by atoms with Crippen molar-refractivity contribution < 1.29 is 44.3 Å². The van der Waals surface area contributed by atoms with Crippen LogP contribution in [-0.2, 0) is 27.2 Å². The smallest absolute Gasteiger partial charge is 0.209 e. The molecule has 0 amide bonds. The number of aryl methyl sites for hydroxylation is 1. The lowest BCUT2D eigenvalue weighted by atomic mass is 9.60. The molecule has 0 spiro atoms. The van der Waals surface area contributed by atoms with Crippen molar-refractivity contribution in [3.8, 4) is 22.6 Å². The first kappa shape index (κ1) is 32.2. The van der Waals surface area contributed by atoms with Gasteiger partial charge in [-0.05, 0) is 84.9 Å². The molecule has 3 aliphatic rings. The number of aliphatic hydroxyl groups excluding tert-OH is 2. The highest BCUT2D eigenvalue weighted by Crippen LogP contribution is 2.52. The third-order valence-electron chi connectivity index (χ3n) is 9.12. The summed E-state index contributed by atoms with van der Waals surface area (Å²) in [5, 5.41) is 44.2. The van der Waals surface area contributed by atoms with E-state index >= 15 is 0 Å². The van der Waals surface area contributed by atoms with Crippen LogP contribution in [0.2, 0.25) is 0 Å². The fraction of sp³-hybridized carbons (Fsp3) is 0.444. The van der Waals surface area contributed by atoms with Crippen LogP contribution in [0, 0.1) is 17.3 Å². The van der Waals surface area contributed by atoms with E-state index in [4.69, 9.17) is 4.74 Å². The van der Waals surface area contributed by atoms with Gasteiger partial charge in [-0.1, -0.05) is 32.9 Å². The van der Waals surface area contributed by atoms with Gasteiger partial charge in [-0.3, -0.25) is 19.2 Å². The summed E-state index contributed by atoms with van der Waals surface area (Å²) < 4.78 is 5.86. The fourth-order valence-electron chi connectivity index (χ4n) is 7.19. The van der Waals surface area contributed by atoms with Crippen LogP contribution in [0.1, 0.15) is 81.8 Å². The maximum Gasteiger partial charge on any atom is 0.209 e. The lowest BCUT2D eigenvalue weighted by molar-refractivity contribution is -0.144. The molecule has 0 saturated carbocycles. The molecule has 0 saturated heterocycles. The summed E-state index contributed by atoms with van der Waals surface area (Å²) in [5.41, 5.74) is -0.610. The molecular formula is C36H40O9. The van der Waals surface area contributed by atoms with Gasteiger partial charge in [-0.25, -0.2) is 0 Å². The number of ketones is 4. The number of hydrogen-bond acceptors (Lipinski definition) is 9. The second kappa shape index (κ2) is 11.6. The summed E-state index contributed by atoms with van der Waals surface area (Å²) in [5.74, 6) is -4.93. The van der Waals surface area contributed by atoms with Crippen LogP contribution in [0.25, 0.3) is 11.1 Å². The van der Waals surface area contributed by atoms with Crippen LogP contribution < -0.4 is 4.74 Å². The van der Waals surface area contributed by atoms with E-state index in [2.05, 4.69) is 0 Å². The molecule has 0 heterocycles. The second-order valence-electron chi connectivity index (χ2n) is 13.6. The van der Waals surface area contributed by atoms with Gasteiger partial charge in [0, 0.05) is 30.8 Å². The van der Waals surface area contributed by atoms with Crippen LogP contribution in [0.3, 0.4) is 0 Å². The summed E-state index contributed by atoms with van der Waals surface area (Å²) in [4.78, 5) is 52.1. The van der Waals surface area contributed by atoms with Gasteiger partial charge in [-0.15, -0.1) is 0 Å². The number of phenolic OH excluding ortho intramolecular Hbond substituents is 1. The number of aliphatic hydroxyl groups is 3. The Morgan fingerprint density at radius 1 is 1.04 bits per heavy atom. The van der Waals surface area contributed by atoms with Gasteiger partial charge in [0.05, 0.1) is 12.2 Å². The number of fused-ring (bicyclic) bond motifs is 3. The molecule has 2 aromatic carbocycles. The molecule has 0 unspecified atom stereocenters. The molecule has 5 rings (SSSR count). The molecule has 9 nitrogen and oxygen atoms in total. The van der Waals surface area contributed by atoms with E-state index in [1.807, 2.05) is 45.9 Å². The Hall–Kier alpha value is -4.24. The van der Waals surface area contributed by atoms with Crippen molar-refractivity contribution in [1.29, 1.82) is 0 Å². The Balaban J connectivity index is 1.56. The normalized spacial score (nSPS) is 23.0. The molecular weight excluding hydrogens is 576 g/mol. The Bertz CT molecular complexity index is 1690. The Morgan fingerprint density at radius 3 is 2.40 bits per heavy atom. The van der Waals surface area contributed by atoms with Crippen molar-refractivity contribution in [2.45, 2.75) is 78.7 Å². The zero-order chi connectivity index (χ0) is 33.0. The largest absolute Gasteiger partial charge is 0.511 e. The van der Waals surface area contributed by atoms with E-state index in [0.717, 1.165) is 18.1 Å². The van der Waals surface area contributed by atoms with Gasteiger partial charge < -0.3 is 25.2 Å². The van der Waals surface area contributed by atoms with Gasteiger partial charge in [0.1, 0.15) is 34.4 Å². The molecule has 0 fully saturated rings. The highest BCUT2D eigenvalue weighted by Gasteiger charge is 2.59. The predicted octanol–water partition coefficient (Wildman–Crippen LogP) is 5.69.